The molecular formula is C26H27N3O3. The second kappa shape index (κ2) is 10.4. The van der Waals surface area contributed by atoms with Crippen LogP contribution >= 0.6 is 0 Å². The number of nitrogens with one attached hydrogen (secondary N) is 3. The van der Waals surface area contributed by atoms with Crippen LogP contribution in [0.1, 0.15) is 40.1 Å². The van der Waals surface area contributed by atoms with Crippen molar-refractivity contribution >= 4 is 29.1 Å². The quantitative estimate of drug-likeness (QED) is 0.511. The van der Waals surface area contributed by atoms with Gasteiger partial charge in [0.2, 0.25) is 5.91 Å². The van der Waals surface area contributed by atoms with E-state index in [1.807, 2.05) is 51.1 Å². The summed E-state index contributed by atoms with van der Waals surface area (Å²) in [4.78, 5) is 38.6. The summed E-state index contributed by atoms with van der Waals surface area (Å²) in [6.45, 7) is 5.64. The van der Waals surface area contributed by atoms with Crippen molar-refractivity contribution in [1.82, 2.24) is 5.32 Å². The molecule has 3 aromatic rings. The largest absolute Gasteiger partial charge is 0.340 e. The number of rotatable bonds is 7. The minimum atomic E-state index is -0.750. The predicted octanol–water partition coefficient (Wildman–Crippen LogP) is 4.64. The SMILES string of the molecule is Cc1ccccc1NC(=O)[C@H](NC(=O)c1ccccc1NC(=O)c1ccccc1)C(C)C. The van der Waals surface area contributed by atoms with Gasteiger partial charge in [-0.3, -0.25) is 14.4 Å². The van der Waals surface area contributed by atoms with Gasteiger partial charge in [-0.25, -0.2) is 0 Å². The molecule has 0 radical (unpaired) electrons. The third-order valence-electron chi connectivity index (χ3n) is 5.09. The molecule has 0 heterocycles. The first-order valence-electron chi connectivity index (χ1n) is 10.5. The molecule has 3 aromatic carbocycles. The summed E-state index contributed by atoms with van der Waals surface area (Å²) in [6.07, 6.45) is 0. The number of benzene rings is 3. The van der Waals surface area contributed by atoms with Gasteiger partial charge < -0.3 is 16.0 Å². The van der Waals surface area contributed by atoms with Crippen molar-refractivity contribution < 1.29 is 14.4 Å². The molecule has 6 heteroatoms. The van der Waals surface area contributed by atoms with E-state index in [-0.39, 0.29) is 23.3 Å². The van der Waals surface area contributed by atoms with E-state index >= 15 is 0 Å². The normalized spacial score (nSPS) is 11.5. The molecule has 0 saturated heterocycles. The van der Waals surface area contributed by atoms with E-state index in [0.717, 1.165) is 5.56 Å². The Morgan fingerprint density at radius 2 is 1.28 bits per heavy atom. The molecule has 0 fully saturated rings. The molecule has 3 N–H and O–H groups in total. The second-order valence-corrected chi connectivity index (χ2v) is 7.87. The number of aryl methyl sites for hydroxylation is 1. The standard InChI is InChI=1S/C26H27N3O3/c1-17(2)23(26(32)27-21-15-9-7-11-18(21)3)29-25(31)20-14-8-10-16-22(20)28-24(30)19-12-5-4-6-13-19/h4-17,23H,1-3H3,(H,27,32)(H,28,30)(H,29,31)/t23-/m1/s1. The van der Waals surface area contributed by atoms with Crippen LogP contribution in [0.3, 0.4) is 0 Å². The Bertz CT molecular complexity index is 1110. The first-order valence-corrected chi connectivity index (χ1v) is 10.5. The van der Waals surface area contributed by atoms with Crippen molar-refractivity contribution in [2.45, 2.75) is 26.8 Å². The third-order valence-corrected chi connectivity index (χ3v) is 5.09. The first-order chi connectivity index (χ1) is 15.4. The minimum Gasteiger partial charge on any atom is -0.340 e. The highest BCUT2D eigenvalue weighted by molar-refractivity contribution is 6.10. The molecule has 0 aliphatic carbocycles. The number of hydrogen-bond donors (Lipinski definition) is 3. The molecule has 164 valence electrons. The van der Waals surface area contributed by atoms with Gasteiger partial charge in [0, 0.05) is 11.3 Å². The van der Waals surface area contributed by atoms with Gasteiger partial charge in [0.05, 0.1) is 11.3 Å². The molecule has 3 rings (SSSR count). The maximum Gasteiger partial charge on any atom is 0.255 e. The fourth-order valence-corrected chi connectivity index (χ4v) is 3.25. The molecule has 0 saturated carbocycles. The highest BCUT2D eigenvalue weighted by Crippen LogP contribution is 2.18. The van der Waals surface area contributed by atoms with Crippen LogP contribution in [0.4, 0.5) is 11.4 Å². The molecule has 6 nitrogen and oxygen atoms in total. The highest BCUT2D eigenvalue weighted by atomic mass is 16.2. The Balaban J connectivity index is 1.76. The lowest BCUT2D eigenvalue weighted by Crippen LogP contribution is -2.47. The molecule has 0 spiro atoms. The van der Waals surface area contributed by atoms with Crippen molar-refractivity contribution in [3.8, 4) is 0 Å². The average Bonchev–Trinajstić information content (AvgIpc) is 2.79. The van der Waals surface area contributed by atoms with Crippen LogP contribution in [0.2, 0.25) is 0 Å². The lowest BCUT2D eigenvalue weighted by molar-refractivity contribution is -0.118. The first kappa shape index (κ1) is 22.7. The van der Waals surface area contributed by atoms with Gasteiger partial charge in [0.1, 0.15) is 6.04 Å². The Morgan fingerprint density at radius 1 is 0.688 bits per heavy atom. The summed E-state index contributed by atoms with van der Waals surface area (Å²) in [6, 6.07) is 22.2. The van der Waals surface area contributed by atoms with E-state index < -0.39 is 11.9 Å². The Labute approximate surface area is 188 Å². The topological polar surface area (TPSA) is 87.3 Å². The number of carbonyl (C=O) groups is 3. The molecule has 32 heavy (non-hydrogen) atoms. The van der Waals surface area contributed by atoms with Crippen molar-refractivity contribution in [2.75, 3.05) is 10.6 Å². The maximum absolute atomic E-state index is 13.1. The monoisotopic (exact) mass is 429 g/mol. The second-order valence-electron chi connectivity index (χ2n) is 7.87. The van der Waals surface area contributed by atoms with E-state index in [2.05, 4.69) is 16.0 Å². The summed E-state index contributed by atoms with van der Waals surface area (Å²) < 4.78 is 0. The summed E-state index contributed by atoms with van der Waals surface area (Å²) in [5.41, 5.74) is 2.78. The zero-order chi connectivity index (χ0) is 23.1. The van der Waals surface area contributed by atoms with E-state index in [4.69, 9.17) is 0 Å². The van der Waals surface area contributed by atoms with E-state index in [1.54, 1.807) is 48.5 Å². The van der Waals surface area contributed by atoms with E-state index in [9.17, 15) is 14.4 Å². The van der Waals surface area contributed by atoms with Crippen LogP contribution in [0, 0.1) is 12.8 Å². The lowest BCUT2D eigenvalue weighted by atomic mass is 10.0. The van der Waals surface area contributed by atoms with E-state index in [0.29, 0.717) is 16.9 Å². The fraction of sp³-hybridized carbons (Fsp3) is 0.192. The molecule has 0 unspecified atom stereocenters. The average molecular weight is 430 g/mol. The van der Waals surface area contributed by atoms with Crippen molar-refractivity contribution in [3.05, 3.63) is 95.6 Å². The van der Waals surface area contributed by atoms with Gasteiger partial charge in [-0.1, -0.05) is 62.4 Å². The van der Waals surface area contributed by atoms with Gasteiger partial charge in [-0.2, -0.15) is 0 Å². The predicted molar refractivity (Wildman–Crippen MR) is 127 cm³/mol. The van der Waals surface area contributed by atoms with Gasteiger partial charge in [-0.15, -0.1) is 0 Å². The summed E-state index contributed by atoms with van der Waals surface area (Å²) in [5.74, 6) is -1.20. The Morgan fingerprint density at radius 3 is 1.94 bits per heavy atom. The van der Waals surface area contributed by atoms with Gasteiger partial charge >= 0.3 is 0 Å². The summed E-state index contributed by atoms with van der Waals surface area (Å²) >= 11 is 0. The number of para-hydroxylation sites is 2. The summed E-state index contributed by atoms with van der Waals surface area (Å²) in [7, 11) is 0. The fourth-order valence-electron chi connectivity index (χ4n) is 3.25. The van der Waals surface area contributed by atoms with Gasteiger partial charge in [0.25, 0.3) is 11.8 Å². The van der Waals surface area contributed by atoms with Crippen LogP contribution in [0.25, 0.3) is 0 Å². The van der Waals surface area contributed by atoms with Gasteiger partial charge in [0.15, 0.2) is 0 Å². The molecular weight excluding hydrogens is 402 g/mol. The molecule has 0 aromatic heterocycles. The van der Waals surface area contributed by atoms with Gasteiger partial charge in [-0.05, 0) is 48.7 Å². The minimum absolute atomic E-state index is 0.144. The van der Waals surface area contributed by atoms with Crippen molar-refractivity contribution in [2.24, 2.45) is 5.92 Å². The number of anilines is 2. The maximum atomic E-state index is 13.1. The molecule has 3 amide bonds. The third kappa shape index (κ3) is 5.60. The summed E-state index contributed by atoms with van der Waals surface area (Å²) in [5, 5.41) is 8.50. The van der Waals surface area contributed by atoms with Crippen LogP contribution < -0.4 is 16.0 Å². The molecule has 0 aliphatic heterocycles. The highest BCUT2D eigenvalue weighted by Gasteiger charge is 2.26. The van der Waals surface area contributed by atoms with Crippen molar-refractivity contribution in [3.63, 3.8) is 0 Å². The van der Waals surface area contributed by atoms with Crippen LogP contribution in [-0.2, 0) is 4.79 Å². The van der Waals surface area contributed by atoms with Crippen LogP contribution in [0.15, 0.2) is 78.9 Å². The lowest BCUT2D eigenvalue weighted by Gasteiger charge is -2.23. The number of carbonyl (C=O) groups excluding carboxylic acids is 3. The molecule has 0 bridgehead atoms. The van der Waals surface area contributed by atoms with Crippen LogP contribution in [-0.4, -0.2) is 23.8 Å². The smallest absolute Gasteiger partial charge is 0.255 e. The van der Waals surface area contributed by atoms with E-state index in [1.165, 1.54) is 0 Å². The Kier molecular flexibility index (Phi) is 7.39. The number of amides is 3. The Hall–Kier alpha value is -3.93. The molecule has 1 atom stereocenters. The van der Waals surface area contributed by atoms with Crippen LogP contribution in [0.5, 0.6) is 0 Å². The van der Waals surface area contributed by atoms with Crippen molar-refractivity contribution in [1.29, 1.82) is 0 Å². The number of hydrogen-bond acceptors (Lipinski definition) is 3. The zero-order valence-corrected chi connectivity index (χ0v) is 18.4. The molecule has 0 aliphatic rings. The zero-order valence-electron chi connectivity index (χ0n) is 18.4.